The Labute approximate surface area is 184 Å². The molecule has 0 amide bonds. The highest BCUT2D eigenvalue weighted by molar-refractivity contribution is 5.38. The van der Waals surface area contributed by atoms with Gasteiger partial charge >= 0.3 is 0 Å². The van der Waals surface area contributed by atoms with Gasteiger partial charge in [0, 0.05) is 6.42 Å². The molecule has 0 aliphatic heterocycles. The summed E-state index contributed by atoms with van der Waals surface area (Å²) < 4.78 is 0. The Balaban J connectivity index is 1.70. The first-order valence-electron chi connectivity index (χ1n) is 12.2. The molecular formula is C27H44O3. The van der Waals surface area contributed by atoms with Gasteiger partial charge in [-0.2, -0.15) is 0 Å². The summed E-state index contributed by atoms with van der Waals surface area (Å²) in [5.41, 5.74) is 3.17. The highest BCUT2D eigenvalue weighted by atomic mass is 16.3. The van der Waals surface area contributed by atoms with Gasteiger partial charge in [-0.25, -0.2) is 0 Å². The Bertz CT molecular complexity index is 683. The van der Waals surface area contributed by atoms with E-state index in [1.165, 1.54) is 38.5 Å². The zero-order valence-corrected chi connectivity index (χ0v) is 19.7. The van der Waals surface area contributed by atoms with Gasteiger partial charge in [0.1, 0.15) is 0 Å². The number of aliphatic hydroxyl groups is 3. The van der Waals surface area contributed by atoms with E-state index in [1.54, 1.807) is 5.57 Å². The van der Waals surface area contributed by atoms with Gasteiger partial charge in [0.25, 0.3) is 0 Å². The molecule has 0 aromatic carbocycles. The lowest BCUT2D eigenvalue weighted by molar-refractivity contribution is 0.0596. The quantitative estimate of drug-likeness (QED) is 0.520. The molecule has 1 unspecified atom stereocenters. The molecule has 0 heterocycles. The van der Waals surface area contributed by atoms with Crippen molar-refractivity contribution in [2.75, 3.05) is 0 Å². The highest BCUT2D eigenvalue weighted by Gasteiger charge is 2.50. The molecule has 3 N–H and O–H groups in total. The predicted octanol–water partition coefficient (Wildman–Crippen LogP) is 5.70. The molecule has 0 radical (unpaired) electrons. The van der Waals surface area contributed by atoms with Gasteiger partial charge in [-0.3, -0.25) is 0 Å². The minimum atomic E-state index is -0.615. The van der Waals surface area contributed by atoms with Crippen LogP contribution in [0, 0.1) is 23.2 Å². The monoisotopic (exact) mass is 416 g/mol. The fraction of sp³-hybridized carbons (Fsp3) is 0.778. The van der Waals surface area contributed by atoms with Gasteiger partial charge in [-0.15, -0.1) is 0 Å². The van der Waals surface area contributed by atoms with E-state index >= 15 is 0 Å². The minimum Gasteiger partial charge on any atom is -0.393 e. The van der Waals surface area contributed by atoms with Gasteiger partial charge < -0.3 is 15.3 Å². The van der Waals surface area contributed by atoms with Crippen LogP contribution in [0.1, 0.15) is 91.9 Å². The molecule has 3 rings (SSSR count). The van der Waals surface area contributed by atoms with Crippen molar-refractivity contribution >= 4 is 0 Å². The van der Waals surface area contributed by atoms with Crippen molar-refractivity contribution in [2.24, 2.45) is 23.2 Å². The first-order valence-corrected chi connectivity index (χ1v) is 12.2. The molecular weight excluding hydrogens is 372 g/mol. The van der Waals surface area contributed by atoms with E-state index in [4.69, 9.17) is 0 Å². The maximum atomic E-state index is 10.1. The van der Waals surface area contributed by atoms with Gasteiger partial charge in [-0.1, -0.05) is 51.0 Å². The van der Waals surface area contributed by atoms with Crippen LogP contribution >= 0.6 is 0 Å². The molecule has 3 nitrogen and oxygen atoms in total. The maximum absolute atomic E-state index is 10.1. The van der Waals surface area contributed by atoms with Crippen LogP contribution in [-0.2, 0) is 0 Å². The topological polar surface area (TPSA) is 60.7 Å². The standard InChI is InChI=1S/C27H44O3/c1-18(8-6-14-26(3,4)30)23-12-13-24-20(9-7-15-27(23,24)5)10-11-21-16-22(28)17-25(29)19(21)2/h10-11,18,22-25,28-30H,2,6-9,12-17H2,1,3-5H3/b20-10-,21-11-/t18-,22-,23-,24?,25+,27+/m1/s1. The van der Waals surface area contributed by atoms with E-state index in [-0.39, 0.29) is 0 Å². The summed E-state index contributed by atoms with van der Waals surface area (Å²) >= 11 is 0. The lowest BCUT2D eigenvalue weighted by Gasteiger charge is -2.44. The van der Waals surface area contributed by atoms with Crippen LogP contribution in [0.3, 0.4) is 0 Å². The molecule has 30 heavy (non-hydrogen) atoms. The van der Waals surface area contributed by atoms with E-state index in [0.29, 0.717) is 30.1 Å². The summed E-state index contributed by atoms with van der Waals surface area (Å²) in [6.45, 7) is 12.8. The number of allylic oxidation sites excluding steroid dienone is 3. The summed E-state index contributed by atoms with van der Waals surface area (Å²) in [6.07, 6.45) is 13.9. The van der Waals surface area contributed by atoms with Crippen LogP contribution in [0.4, 0.5) is 0 Å². The largest absolute Gasteiger partial charge is 0.393 e. The number of rotatable bonds is 6. The molecule has 3 fully saturated rings. The van der Waals surface area contributed by atoms with Crippen molar-refractivity contribution in [1.29, 1.82) is 0 Å². The van der Waals surface area contributed by atoms with Crippen LogP contribution in [-0.4, -0.2) is 33.1 Å². The van der Waals surface area contributed by atoms with E-state index < -0.39 is 17.8 Å². The molecule has 0 bridgehead atoms. The van der Waals surface area contributed by atoms with E-state index in [9.17, 15) is 15.3 Å². The van der Waals surface area contributed by atoms with Crippen molar-refractivity contribution in [2.45, 2.75) is 110 Å². The predicted molar refractivity (Wildman–Crippen MR) is 124 cm³/mol. The van der Waals surface area contributed by atoms with Gasteiger partial charge in [-0.05, 0) is 93.1 Å². The molecule has 0 aromatic heterocycles. The first kappa shape index (κ1) is 23.8. The van der Waals surface area contributed by atoms with Crippen LogP contribution in [0.25, 0.3) is 0 Å². The number of hydrogen-bond donors (Lipinski definition) is 3. The van der Waals surface area contributed by atoms with Gasteiger partial charge in [0.15, 0.2) is 0 Å². The Morgan fingerprint density at radius 2 is 1.97 bits per heavy atom. The van der Waals surface area contributed by atoms with Crippen molar-refractivity contribution in [3.8, 4) is 0 Å². The average Bonchev–Trinajstić information content (AvgIpc) is 3.00. The number of aliphatic hydroxyl groups excluding tert-OH is 2. The second-order valence-electron chi connectivity index (χ2n) is 11.3. The number of hydrogen-bond acceptors (Lipinski definition) is 3. The maximum Gasteiger partial charge on any atom is 0.0811 e. The normalized spacial score (nSPS) is 38.8. The smallest absolute Gasteiger partial charge is 0.0811 e. The lowest BCUT2D eigenvalue weighted by Crippen LogP contribution is -2.36. The summed E-state index contributed by atoms with van der Waals surface area (Å²) in [7, 11) is 0. The zero-order chi connectivity index (χ0) is 22.1. The van der Waals surface area contributed by atoms with Crippen molar-refractivity contribution in [3.63, 3.8) is 0 Å². The second-order valence-corrected chi connectivity index (χ2v) is 11.3. The van der Waals surface area contributed by atoms with Crippen LogP contribution in [0.15, 0.2) is 35.5 Å². The molecule has 0 spiro atoms. The fourth-order valence-corrected chi connectivity index (χ4v) is 6.74. The van der Waals surface area contributed by atoms with Crippen LogP contribution in [0.5, 0.6) is 0 Å². The molecule has 3 aliphatic rings. The summed E-state index contributed by atoms with van der Waals surface area (Å²) in [5, 5.41) is 30.2. The highest BCUT2D eigenvalue weighted by Crippen LogP contribution is 2.60. The lowest BCUT2D eigenvalue weighted by atomic mass is 9.60. The van der Waals surface area contributed by atoms with E-state index in [0.717, 1.165) is 29.9 Å². The third-order valence-corrected chi connectivity index (χ3v) is 8.44. The van der Waals surface area contributed by atoms with E-state index in [1.807, 2.05) is 13.8 Å². The zero-order valence-electron chi connectivity index (χ0n) is 19.7. The molecule has 6 atom stereocenters. The molecule has 0 saturated heterocycles. The first-order chi connectivity index (χ1) is 14.0. The summed E-state index contributed by atoms with van der Waals surface area (Å²) in [6, 6.07) is 0. The van der Waals surface area contributed by atoms with Crippen molar-refractivity contribution in [1.82, 2.24) is 0 Å². The van der Waals surface area contributed by atoms with Gasteiger partial charge in [0.05, 0.1) is 17.8 Å². The Morgan fingerprint density at radius 1 is 1.23 bits per heavy atom. The SMILES string of the molecule is C=C1/C(=C\C=C2\CCC[C@]3(C)C2CC[C@@H]3[C@H](C)CCCC(C)(C)O)C[C@@H](O)C[C@@H]1O. The van der Waals surface area contributed by atoms with Crippen LogP contribution < -0.4 is 0 Å². The van der Waals surface area contributed by atoms with Crippen molar-refractivity contribution < 1.29 is 15.3 Å². The second kappa shape index (κ2) is 9.30. The molecule has 170 valence electrons. The summed E-state index contributed by atoms with van der Waals surface area (Å²) in [4.78, 5) is 0. The molecule has 0 aromatic rings. The van der Waals surface area contributed by atoms with E-state index in [2.05, 4.69) is 32.6 Å². The Morgan fingerprint density at radius 3 is 2.67 bits per heavy atom. The molecule has 3 heteroatoms. The third kappa shape index (κ3) is 5.29. The molecule has 3 saturated carbocycles. The number of fused-ring (bicyclic) bond motifs is 1. The fourth-order valence-electron chi connectivity index (χ4n) is 6.74. The van der Waals surface area contributed by atoms with Crippen molar-refractivity contribution in [3.05, 3.63) is 35.5 Å². The van der Waals surface area contributed by atoms with Gasteiger partial charge in [0.2, 0.25) is 0 Å². The molecule has 3 aliphatic carbocycles. The Hall–Kier alpha value is -0.900. The Kier molecular flexibility index (Phi) is 7.37. The minimum absolute atomic E-state index is 0.374. The third-order valence-electron chi connectivity index (χ3n) is 8.44. The van der Waals surface area contributed by atoms with Crippen LogP contribution in [0.2, 0.25) is 0 Å². The average molecular weight is 417 g/mol. The summed E-state index contributed by atoms with van der Waals surface area (Å²) in [5.74, 6) is 2.11.